The molecule has 0 bridgehead atoms. The molecule has 2 heterocycles. The summed E-state index contributed by atoms with van der Waals surface area (Å²) in [4.78, 5) is 26.6. The summed E-state index contributed by atoms with van der Waals surface area (Å²) in [6.07, 6.45) is 1.65. The molecule has 0 fully saturated rings. The molecule has 0 N–H and O–H groups in total. The van der Waals surface area contributed by atoms with E-state index in [1.165, 1.54) is 23.5 Å². The van der Waals surface area contributed by atoms with Crippen molar-refractivity contribution in [2.45, 2.75) is 0 Å². The number of Topliss-reactive ketones (excluding diaryl/α,β-unsaturated/α-hetero) is 2. The van der Waals surface area contributed by atoms with E-state index < -0.39 is 0 Å². The van der Waals surface area contributed by atoms with E-state index in [1.807, 2.05) is 36.4 Å². The van der Waals surface area contributed by atoms with Crippen molar-refractivity contribution in [3.05, 3.63) is 100 Å². The number of hydrogen-bond donors (Lipinski definition) is 0. The van der Waals surface area contributed by atoms with Crippen LogP contribution in [-0.2, 0) is 0 Å². The van der Waals surface area contributed by atoms with Gasteiger partial charge in [-0.3, -0.25) is 9.59 Å². The molecule has 6 rings (SSSR count). The second-order valence-corrected chi connectivity index (χ2v) is 8.57. The van der Waals surface area contributed by atoms with Crippen LogP contribution < -0.4 is 0 Å². The number of furan rings is 1. The third-order valence-electron chi connectivity index (χ3n) is 5.51. The number of carbonyl (C=O) groups excluding carboxylic acids is 2. The molecule has 2 aromatic heterocycles. The Hall–Kier alpha value is -3.83. The Balaban J connectivity index is 1.38. The molecule has 0 aliphatic heterocycles. The van der Waals surface area contributed by atoms with Crippen LogP contribution in [0.25, 0.3) is 38.5 Å². The lowest BCUT2D eigenvalue weighted by Crippen LogP contribution is -1.99. The number of fused-ring (bicyclic) bond motifs is 3. The molecule has 3 aromatic carbocycles. The van der Waals surface area contributed by atoms with Gasteiger partial charge < -0.3 is 4.42 Å². The summed E-state index contributed by atoms with van der Waals surface area (Å²) in [7, 11) is 0. The second-order valence-electron chi connectivity index (χ2n) is 7.46. The molecule has 31 heavy (non-hydrogen) atoms. The van der Waals surface area contributed by atoms with Crippen molar-refractivity contribution < 1.29 is 18.4 Å². The minimum absolute atomic E-state index is 0.174. The van der Waals surface area contributed by atoms with Crippen molar-refractivity contribution in [2.24, 2.45) is 0 Å². The number of benzene rings is 3. The van der Waals surface area contributed by atoms with Gasteiger partial charge in [-0.2, -0.15) is 0 Å². The van der Waals surface area contributed by atoms with Crippen molar-refractivity contribution in [1.29, 1.82) is 0 Å². The van der Waals surface area contributed by atoms with Crippen molar-refractivity contribution in [3.63, 3.8) is 0 Å². The Morgan fingerprint density at radius 1 is 0.806 bits per heavy atom. The zero-order valence-corrected chi connectivity index (χ0v) is 16.8. The lowest BCUT2D eigenvalue weighted by molar-refractivity contribution is 0.0990. The topological polar surface area (TPSA) is 47.3 Å². The molecule has 0 spiro atoms. The fourth-order valence-electron chi connectivity index (χ4n) is 3.96. The molecule has 1 aliphatic carbocycles. The van der Waals surface area contributed by atoms with Gasteiger partial charge in [0, 0.05) is 27.6 Å². The number of allylic oxidation sites excluding steroid dienone is 1. The van der Waals surface area contributed by atoms with Gasteiger partial charge >= 0.3 is 0 Å². The van der Waals surface area contributed by atoms with Gasteiger partial charge in [-0.1, -0.05) is 24.3 Å². The van der Waals surface area contributed by atoms with Gasteiger partial charge in [-0.05, 0) is 59.3 Å². The summed E-state index contributed by atoms with van der Waals surface area (Å²) in [5.74, 6) is -0.149. The number of rotatable bonds is 2. The molecule has 5 heteroatoms. The fourth-order valence-corrected chi connectivity index (χ4v) is 4.93. The van der Waals surface area contributed by atoms with E-state index in [9.17, 15) is 14.0 Å². The highest BCUT2D eigenvalue weighted by Crippen LogP contribution is 2.37. The number of carbonyl (C=O) groups is 2. The smallest absolute Gasteiger partial charge is 0.197 e. The van der Waals surface area contributed by atoms with Gasteiger partial charge in [-0.15, -0.1) is 11.3 Å². The number of ketones is 2. The minimum Gasteiger partial charge on any atom is -0.455 e. The highest BCUT2D eigenvalue weighted by molar-refractivity contribution is 7.19. The van der Waals surface area contributed by atoms with E-state index >= 15 is 0 Å². The molecule has 0 saturated heterocycles. The Kier molecular flexibility index (Phi) is 3.82. The van der Waals surface area contributed by atoms with Crippen molar-refractivity contribution in [1.82, 2.24) is 0 Å². The Bertz CT molecular complexity index is 1480. The van der Waals surface area contributed by atoms with E-state index in [1.54, 1.807) is 30.3 Å². The quantitative estimate of drug-likeness (QED) is 0.228. The lowest BCUT2D eigenvalue weighted by Gasteiger charge is -2.00. The van der Waals surface area contributed by atoms with Crippen LogP contribution in [0.1, 0.15) is 25.6 Å². The minimum atomic E-state index is -0.300. The lowest BCUT2D eigenvalue weighted by atomic mass is 10.0. The summed E-state index contributed by atoms with van der Waals surface area (Å²) in [5, 5.41) is 1.87. The van der Waals surface area contributed by atoms with Crippen LogP contribution in [0.5, 0.6) is 0 Å². The van der Waals surface area contributed by atoms with E-state index in [-0.39, 0.29) is 23.0 Å². The first kappa shape index (κ1) is 18.0. The molecule has 0 unspecified atom stereocenters. The molecule has 0 amide bonds. The second kappa shape index (κ2) is 6.59. The van der Waals surface area contributed by atoms with Gasteiger partial charge in [0.05, 0.1) is 10.3 Å². The molecule has 148 valence electrons. The molecule has 0 saturated carbocycles. The Labute approximate surface area is 180 Å². The van der Waals surface area contributed by atoms with Crippen LogP contribution in [0.4, 0.5) is 4.39 Å². The summed E-state index contributed by atoms with van der Waals surface area (Å²) >= 11 is 1.44. The summed E-state index contributed by atoms with van der Waals surface area (Å²) in [5.41, 5.74) is 2.53. The molecule has 1 aliphatic rings. The first-order chi connectivity index (χ1) is 15.1. The predicted molar refractivity (Wildman–Crippen MR) is 120 cm³/mol. The van der Waals surface area contributed by atoms with Gasteiger partial charge in [0.25, 0.3) is 0 Å². The van der Waals surface area contributed by atoms with Gasteiger partial charge in [0.15, 0.2) is 11.6 Å². The van der Waals surface area contributed by atoms with Crippen LogP contribution in [0.3, 0.4) is 0 Å². The molecular formula is C26H13FO3S. The maximum Gasteiger partial charge on any atom is 0.197 e. The van der Waals surface area contributed by atoms with Crippen molar-refractivity contribution in [3.8, 4) is 11.3 Å². The van der Waals surface area contributed by atoms with Crippen molar-refractivity contribution >= 4 is 50.0 Å². The van der Waals surface area contributed by atoms with E-state index in [4.69, 9.17) is 4.42 Å². The first-order valence-electron chi connectivity index (χ1n) is 9.70. The van der Waals surface area contributed by atoms with Crippen LogP contribution in [0.2, 0.25) is 0 Å². The predicted octanol–water partition coefficient (Wildman–Crippen LogP) is 6.92. The SMILES string of the molecule is O=C1C(=Cc2cc3oc(-c4ccc(F)cc4)cc3s2)C(=O)c2cc3ccccc3cc21. The van der Waals surface area contributed by atoms with Gasteiger partial charge in [0.1, 0.15) is 17.2 Å². The normalized spacial score (nSPS) is 13.4. The van der Waals surface area contributed by atoms with Crippen LogP contribution >= 0.6 is 11.3 Å². The monoisotopic (exact) mass is 424 g/mol. The standard InChI is InChI=1S/C26H13FO3S/c27-17-7-5-14(6-8-17)22-13-24-23(30-22)12-18(31-24)11-21-25(28)19-9-15-3-1-2-4-16(15)10-20(19)26(21)29/h1-13H. The maximum absolute atomic E-state index is 13.1. The summed E-state index contributed by atoms with van der Waals surface area (Å²) in [6.45, 7) is 0. The number of thiophene rings is 1. The average molecular weight is 424 g/mol. The average Bonchev–Trinajstić information content (AvgIpc) is 3.40. The number of hydrogen-bond acceptors (Lipinski definition) is 4. The molecule has 0 atom stereocenters. The van der Waals surface area contributed by atoms with Gasteiger partial charge in [0.2, 0.25) is 0 Å². The largest absolute Gasteiger partial charge is 0.455 e. The van der Waals surface area contributed by atoms with Gasteiger partial charge in [-0.25, -0.2) is 4.39 Å². The number of halogens is 1. The molecule has 5 aromatic rings. The zero-order valence-electron chi connectivity index (χ0n) is 16.0. The first-order valence-corrected chi connectivity index (χ1v) is 10.5. The summed E-state index contributed by atoms with van der Waals surface area (Å²) < 4.78 is 19.9. The highest BCUT2D eigenvalue weighted by atomic mass is 32.1. The van der Waals surface area contributed by atoms with E-state index in [0.29, 0.717) is 22.5 Å². The summed E-state index contributed by atoms with van der Waals surface area (Å²) in [6, 6.07) is 21.1. The van der Waals surface area contributed by atoms with E-state index in [0.717, 1.165) is 25.9 Å². The third kappa shape index (κ3) is 2.86. The molecule has 0 radical (unpaired) electrons. The van der Waals surface area contributed by atoms with Crippen molar-refractivity contribution in [2.75, 3.05) is 0 Å². The molecular weight excluding hydrogens is 411 g/mol. The van der Waals surface area contributed by atoms with Crippen LogP contribution in [0, 0.1) is 5.82 Å². The Morgan fingerprint density at radius 2 is 1.45 bits per heavy atom. The fraction of sp³-hybridized carbons (Fsp3) is 0. The van der Waals surface area contributed by atoms with Crippen LogP contribution in [-0.4, -0.2) is 11.6 Å². The van der Waals surface area contributed by atoms with E-state index in [2.05, 4.69) is 0 Å². The highest BCUT2D eigenvalue weighted by Gasteiger charge is 2.33. The van der Waals surface area contributed by atoms with Crippen LogP contribution in [0.15, 0.2) is 82.8 Å². The Morgan fingerprint density at radius 3 is 2.06 bits per heavy atom. The zero-order chi connectivity index (χ0) is 21.1. The molecule has 3 nitrogen and oxygen atoms in total. The maximum atomic E-state index is 13.1. The third-order valence-corrected chi connectivity index (χ3v) is 6.52.